The van der Waals surface area contributed by atoms with Crippen LogP contribution in [0.1, 0.15) is 31.9 Å². The van der Waals surface area contributed by atoms with Gasteiger partial charge in [0.1, 0.15) is 0 Å². The van der Waals surface area contributed by atoms with E-state index in [-0.39, 0.29) is 5.41 Å². The van der Waals surface area contributed by atoms with Gasteiger partial charge in [-0.3, -0.25) is 0 Å². The summed E-state index contributed by atoms with van der Waals surface area (Å²) in [7, 11) is 0. The van der Waals surface area contributed by atoms with Crippen LogP contribution in [0.2, 0.25) is 0 Å². The standard InChI is InChI=1S/C12H15F/c1-12(2,3)11-6-4-5-10(9-11)7-8-13/h4-9H,1-3H3/b8-7+. The van der Waals surface area contributed by atoms with E-state index in [2.05, 4.69) is 26.8 Å². The van der Waals surface area contributed by atoms with Gasteiger partial charge in [0.05, 0.1) is 6.33 Å². The molecule has 0 aromatic heterocycles. The van der Waals surface area contributed by atoms with Crippen LogP contribution in [-0.2, 0) is 5.41 Å². The topological polar surface area (TPSA) is 0 Å². The maximum absolute atomic E-state index is 11.9. The Hall–Kier alpha value is -1.11. The van der Waals surface area contributed by atoms with Crippen molar-refractivity contribution in [3.8, 4) is 0 Å². The van der Waals surface area contributed by atoms with Crippen LogP contribution in [0.15, 0.2) is 30.6 Å². The summed E-state index contributed by atoms with van der Waals surface area (Å²) in [4.78, 5) is 0. The predicted octanol–water partition coefficient (Wildman–Crippen LogP) is 3.92. The molecule has 0 fully saturated rings. The molecule has 0 saturated carbocycles. The largest absolute Gasteiger partial charge is 0.216 e. The summed E-state index contributed by atoms with van der Waals surface area (Å²) in [5.41, 5.74) is 2.26. The van der Waals surface area contributed by atoms with Crippen molar-refractivity contribution in [1.29, 1.82) is 0 Å². The maximum atomic E-state index is 11.9. The first-order valence-corrected chi connectivity index (χ1v) is 4.41. The summed E-state index contributed by atoms with van der Waals surface area (Å²) in [5.74, 6) is 0. The molecule has 0 radical (unpaired) electrons. The van der Waals surface area contributed by atoms with Crippen molar-refractivity contribution in [2.24, 2.45) is 0 Å². The number of halogens is 1. The van der Waals surface area contributed by atoms with Gasteiger partial charge in [0.2, 0.25) is 0 Å². The smallest absolute Gasteiger partial charge is 0.0872 e. The predicted molar refractivity (Wildman–Crippen MR) is 55.3 cm³/mol. The summed E-state index contributed by atoms with van der Waals surface area (Å²) >= 11 is 0. The van der Waals surface area contributed by atoms with Gasteiger partial charge in [0.25, 0.3) is 0 Å². The van der Waals surface area contributed by atoms with Crippen molar-refractivity contribution in [3.05, 3.63) is 41.7 Å². The quantitative estimate of drug-likeness (QED) is 0.611. The highest BCUT2D eigenvalue weighted by atomic mass is 19.1. The number of benzene rings is 1. The van der Waals surface area contributed by atoms with Crippen molar-refractivity contribution in [1.82, 2.24) is 0 Å². The van der Waals surface area contributed by atoms with Crippen molar-refractivity contribution >= 4 is 6.08 Å². The Morgan fingerprint density at radius 2 is 1.92 bits per heavy atom. The molecule has 0 saturated heterocycles. The summed E-state index contributed by atoms with van der Waals surface area (Å²) in [6, 6.07) is 7.92. The normalized spacial score (nSPS) is 12.3. The van der Waals surface area contributed by atoms with Crippen molar-refractivity contribution in [2.45, 2.75) is 26.2 Å². The molecule has 0 N–H and O–H groups in total. The molecule has 0 aliphatic rings. The van der Waals surface area contributed by atoms with Crippen LogP contribution in [0.3, 0.4) is 0 Å². The molecule has 70 valence electrons. The number of rotatable bonds is 1. The molecule has 0 bridgehead atoms. The Labute approximate surface area is 79.1 Å². The van der Waals surface area contributed by atoms with E-state index in [0.29, 0.717) is 6.33 Å². The molecule has 0 heterocycles. The van der Waals surface area contributed by atoms with Crippen molar-refractivity contribution in [3.63, 3.8) is 0 Å². The molecule has 1 aromatic rings. The van der Waals surface area contributed by atoms with Crippen molar-refractivity contribution < 1.29 is 4.39 Å². The lowest BCUT2D eigenvalue weighted by Gasteiger charge is -2.19. The van der Waals surface area contributed by atoms with Gasteiger partial charge < -0.3 is 0 Å². The van der Waals surface area contributed by atoms with Gasteiger partial charge in [-0.25, -0.2) is 4.39 Å². The molecule has 0 aliphatic heterocycles. The monoisotopic (exact) mass is 178 g/mol. The Morgan fingerprint density at radius 1 is 1.23 bits per heavy atom. The van der Waals surface area contributed by atoms with Gasteiger partial charge >= 0.3 is 0 Å². The Balaban J connectivity index is 3.05. The van der Waals surface area contributed by atoms with Crippen LogP contribution in [0.5, 0.6) is 0 Å². The average molecular weight is 178 g/mol. The third kappa shape index (κ3) is 2.69. The van der Waals surface area contributed by atoms with Crippen LogP contribution in [0, 0.1) is 0 Å². The minimum absolute atomic E-state index is 0.125. The third-order valence-electron chi connectivity index (χ3n) is 2.01. The van der Waals surface area contributed by atoms with Gasteiger partial charge in [-0.2, -0.15) is 0 Å². The Kier molecular flexibility index (Phi) is 2.86. The lowest BCUT2D eigenvalue weighted by molar-refractivity contribution is 0.590. The number of hydrogen-bond acceptors (Lipinski definition) is 0. The Morgan fingerprint density at radius 3 is 2.46 bits per heavy atom. The number of hydrogen-bond donors (Lipinski definition) is 0. The molecule has 1 heteroatoms. The van der Waals surface area contributed by atoms with Crippen LogP contribution in [-0.4, -0.2) is 0 Å². The average Bonchev–Trinajstić information content (AvgIpc) is 2.04. The maximum Gasteiger partial charge on any atom is 0.0872 e. The van der Waals surface area contributed by atoms with Crippen LogP contribution < -0.4 is 0 Å². The first kappa shape index (κ1) is 9.97. The molecule has 0 atom stereocenters. The van der Waals surface area contributed by atoms with E-state index in [1.807, 2.05) is 18.2 Å². The molecule has 0 spiro atoms. The second kappa shape index (κ2) is 3.73. The van der Waals surface area contributed by atoms with Crippen molar-refractivity contribution in [2.75, 3.05) is 0 Å². The molecule has 0 nitrogen and oxygen atoms in total. The molecule has 13 heavy (non-hydrogen) atoms. The van der Waals surface area contributed by atoms with E-state index in [1.54, 1.807) is 0 Å². The van der Waals surface area contributed by atoms with Crippen LogP contribution in [0.4, 0.5) is 4.39 Å². The summed E-state index contributed by atoms with van der Waals surface area (Å²) in [6.45, 7) is 6.43. The third-order valence-corrected chi connectivity index (χ3v) is 2.01. The summed E-state index contributed by atoms with van der Waals surface area (Å²) < 4.78 is 11.9. The van der Waals surface area contributed by atoms with Crippen LogP contribution in [0.25, 0.3) is 6.08 Å². The van der Waals surface area contributed by atoms with Gasteiger partial charge in [-0.15, -0.1) is 0 Å². The molecule has 1 rings (SSSR count). The second-order valence-corrected chi connectivity index (χ2v) is 4.17. The summed E-state index contributed by atoms with van der Waals surface area (Å²) in [5, 5.41) is 0. The minimum atomic E-state index is 0.125. The lowest BCUT2D eigenvalue weighted by Crippen LogP contribution is -2.10. The SMILES string of the molecule is CC(C)(C)c1cccc(/C=C/F)c1. The van der Waals surface area contributed by atoms with Gasteiger partial charge in [0.15, 0.2) is 0 Å². The summed E-state index contributed by atoms with van der Waals surface area (Å²) in [6.07, 6.45) is 2.04. The van der Waals surface area contributed by atoms with Gasteiger partial charge in [0, 0.05) is 0 Å². The van der Waals surface area contributed by atoms with E-state index in [4.69, 9.17) is 0 Å². The fourth-order valence-electron chi connectivity index (χ4n) is 1.18. The highest BCUT2D eigenvalue weighted by molar-refractivity contribution is 5.50. The van der Waals surface area contributed by atoms with Gasteiger partial charge in [-0.1, -0.05) is 45.0 Å². The highest BCUT2D eigenvalue weighted by Crippen LogP contribution is 2.23. The first-order chi connectivity index (χ1) is 6.04. The van der Waals surface area contributed by atoms with E-state index in [0.717, 1.165) is 5.56 Å². The zero-order valence-electron chi connectivity index (χ0n) is 8.34. The lowest BCUT2D eigenvalue weighted by atomic mass is 9.86. The fraction of sp³-hybridized carbons (Fsp3) is 0.333. The molecular weight excluding hydrogens is 163 g/mol. The highest BCUT2D eigenvalue weighted by Gasteiger charge is 2.12. The zero-order valence-corrected chi connectivity index (χ0v) is 8.34. The van der Waals surface area contributed by atoms with E-state index < -0.39 is 0 Å². The van der Waals surface area contributed by atoms with Crippen LogP contribution >= 0.6 is 0 Å². The first-order valence-electron chi connectivity index (χ1n) is 4.41. The molecule has 0 aliphatic carbocycles. The van der Waals surface area contributed by atoms with Gasteiger partial charge in [-0.05, 0) is 22.6 Å². The van der Waals surface area contributed by atoms with E-state index in [1.165, 1.54) is 11.6 Å². The molecular formula is C12H15F. The molecule has 0 unspecified atom stereocenters. The molecule has 1 aromatic carbocycles. The minimum Gasteiger partial charge on any atom is -0.216 e. The second-order valence-electron chi connectivity index (χ2n) is 4.17. The molecule has 0 amide bonds. The van der Waals surface area contributed by atoms with E-state index >= 15 is 0 Å². The fourth-order valence-corrected chi connectivity index (χ4v) is 1.18. The zero-order chi connectivity index (χ0) is 9.90. The van der Waals surface area contributed by atoms with E-state index in [9.17, 15) is 4.39 Å². The Bertz CT molecular complexity index is 305.